The first-order valence-electron chi connectivity index (χ1n) is 8.48. The van der Waals surface area contributed by atoms with Crippen molar-refractivity contribution in [3.05, 3.63) is 54.1 Å². The largest absolute Gasteiger partial charge is 0.378 e. The van der Waals surface area contributed by atoms with Crippen LogP contribution in [-0.2, 0) is 9.57 Å². The van der Waals surface area contributed by atoms with Gasteiger partial charge in [-0.3, -0.25) is 4.79 Å². The zero-order valence-electron chi connectivity index (χ0n) is 14.9. The lowest BCUT2D eigenvalue weighted by atomic mass is 10.2. The number of hydroxylamine groups is 1. The maximum Gasteiger partial charge on any atom is 0.274 e. The van der Waals surface area contributed by atoms with Crippen molar-refractivity contribution in [1.82, 2.24) is 5.48 Å². The molecule has 7 heteroatoms. The molecule has 1 fully saturated rings. The van der Waals surface area contributed by atoms with Crippen LogP contribution in [0.2, 0.25) is 0 Å². The van der Waals surface area contributed by atoms with E-state index in [0.29, 0.717) is 17.9 Å². The van der Waals surface area contributed by atoms with Gasteiger partial charge >= 0.3 is 0 Å². The summed E-state index contributed by atoms with van der Waals surface area (Å²) in [6.07, 6.45) is 1.37. The summed E-state index contributed by atoms with van der Waals surface area (Å²) in [5, 5.41) is 8.39. The lowest BCUT2D eigenvalue weighted by Crippen LogP contribution is -2.29. The molecular formula is C19H22N4O3. The highest BCUT2D eigenvalue weighted by atomic mass is 16.8. The average molecular weight is 354 g/mol. The van der Waals surface area contributed by atoms with Crippen molar-refractivity contribution in [2.45, 2.75) is 19.1 Å². The Bertz CT molecular complexity index is 751. The summed E-state index contributed by atoms with van der Waals surface area (Å²) >= 11 is 0. The highest BCUT2D eigenvalue weighted by Gasteiger charge is 2.17. The molecule has 1 saturated heterocycles. The average Bonchev–Trinajstić information content (AvgIpc) is 3.19. The predicted molar refractivity (Wildman–Crippen MR) is 98.9 cm³/mol. The summed E-state index contributed by atoms with van der Waals surface area (Å²) in [6.45, 7) is 0.665. The van der Waals surface area contributed by atoms with Gasteiger partial charge < -0.3 is 9.64 Å². The van der Waals surface area contributed by atoms with Crippen molar-refractivity contribution in [1.29, 1.82) is 0 Å². The maximum absolute atomic E-state index is 12.0. The Morgan fingerprint density at radius 1 is 1.08 bits per heavy atom. The highest BCUT2D eigenvalue weighted by Crippen LogP contribution is 2.21. The van der Waals surface area contributed by atoms with Crippen molar-refractivity contribution in [3.63, 3.8) is 0 Å². The highest BCUT2D eigenvalue weighted by molar-refractivity contribution is 5.93. The van der Waals surface area contributed by atoms with Crippen LogP contribution in [0.1, 0.15) is 23.2 Å². The van der Waals surface area contributed by atoms with Crippen LogP contribution >= 0.6 is 0 Å². The molecule has 3 rings (SSSR count). The van der Waals surface area contributed by atoms with Gasteiger partial charge in [-0.25, -0.2) is 10.3 Å². The smallest absolute Gasteiger partial charge is 0.274 e. The van der Waals surface area contributed by atoms with Crippen LogP contribution in [0, 0.1) is 0 Å². The first-order chi connectivity index (χ1) is 12.6. The Kier molecular flexibility index (Phi) is 5.93. The van der Waals surface area contributed by atoms with Crippen LogP contribution in [0.4, 0.5) is 17.1 Å². The second-order valence-corrected chi connectivity index (χ2v) is 6.15. The third-order valence-electron chi connectivity index (χ3n) is 3.95. The number of anilines is 1. The molecule has 0 spiro atoms. The van der Waals surface area contributed by atoms with Gasteiger partial charge in [-0.15, -0.1) is 0 Å². The number of carbonyl (C=O) groups excluding carboxylic acids is 1. The standard InChI is InChI=1S/C19H22N4O3/c1-23(2)17-11-9-16(10-12-17)21-20-15-7-5-14(6-8-15)19(24)22-26-18-4-3-13-25-18/h5-12,18H,3-4,13H2,1-2H3,(H,22,24). The molecule has 0 aromatic heterocycles. The Morgan fingerprint density at radius 3 is 2.23 bits per heavy atom. The lowest BCUT2D eigenvalue weighted by Gasteiger charge is -2.11. The van der Waals surface area contributed by atoms with E-state index in [4.69, 9.17) is 9.57 Å². The Balaban J connectivity index is 1.55. The van der Waals surface area contributed by atoms with Gasteiger partial charge in [0.25, 0.3) is 5.91 Å². The second kappa shape index (κ2) is 8.55. The summed E-state index contributed by atoms with van der Waals surface area (Å²) in [4.78, 5) is 19.3. The van der Waals surface area contributed by atoms with Crippen LogP contribution < -0.4 is 10.4 Å². The third kappa shape index (κ3) is 4.87. The van der Waals surface area contributed by atoms with Crippen molar-refractivity contribution in [2.24, 2.45) is 10.2 Å². The molecule has 1 aliphatic heterocycles. The number of hydrogen-bond donors (Lipinski definition) is 1. The number of azo groups is 1. The SMILES string of the molecule is CN(C)c1ccc(N=Nc2ccc(C(=O)NOC3CCCO3)cc2)cc1. The van der Waals surface area contributed by atoms with E-state index in [1.165, 1.54) is 0 Å². The minimum absolute atomic E-state index is 0.316. The molecule has 26 heavy (non-hydrogen) atoms. The van der Waals surface area contributed by atoms with E-state index >= 15 is 0 Å². The summed E-state index contributed by atoms with van der Waals surface area (Å²) in [7, 11) is 3.97. The molecule has 1 N–H and O–H groups in total. The number of amides is 1. The first kappa shape index (κ1) is 18.0. The number of nitrogens with one attached hydrogen (secondary N) is 1. The minimum atomic E-state index is -0.356. The first-order valence-corrected chi connectivity index (χ1v) is 8.48. The lowest BCUT2D eigenvalue weighted by molar-refractivity contribution is -0.142. The van der Waals surface area contributed by atoms with Crippen LogP contribution in [0.5, 0.6) is 0 Å². The number of hydrogen-bond acceptors (Lipinski definition) is 6. The molecule has 0 saturated carbocycles. The Labute approximate surface area is 152 Å². The molecule has 0 radical (unpaired) electrons. The van der Waals surface area contributed by atoms with Gasteiger partial charge in [0, 0.05) is 31.8 Å². The van der Waals surface area contributed by atoms with E-state index in [1.54, 1.807) is 24.3 Å². The normalized spacial score (nSPS) is 16.8. The molecule has 1 atom stereocenters. The van der Waals surface area contributed by atoms with Crippen molar-refractivity contribution < 1.29 is 14.4 Å². The third-order valence-corrected chi connectivity index (χ3v) is 3.95. The van der Waals surface area contributed by atoms with Gasteiger partial charge in [0.15, 0.2) is 6.29 Å². The van der Waals surface area contributed by atoms with Gasteiger partial charge in [0.1, 0.15) is 0 Å². The Hall–Kier alpha value is -2.77. The molecule has 136 valence electrons. The van der Waals surface area contributed by atoms with Gasteiger partial charge in [0.05, 0.1) is 18.0 Å². The second-order valence-electron chi connectivity index (χ2n) is 6.15. The van der Waals surface area contributed by atoms with Gasteiger partial charge in [0.2, 0.25) is 0 Å². The zero-order chi connectivity index (χ0) is 18.4. The number of ether oxygens (including phenoxy) is 1. The number of nitrogens with zero attached hydrogens (tertiary/aromatic N) is 3. The van der Waals surface area contributed by atoms with Gasteiger partial charge in [-0.1, -0.05) is 0 Å². The molecule has 2 aromatic rings. The molecule has 2 aromatic carbocycles. The minimum Gasteiger partial charge on any atom is -0.378 e. The molecule has 1 aliphatic rings. The van der Waals surface area contributed by atoms with E-state index < -0.39 is 0 Å². The van der Waals surface area contributed by atoms with Gasteiger partial charge in [-0.05, 0) is 55.0 Å². The molecule has 1 unspecified atom stereocenters. The van der Waals surface area contributed by atoms with E-state index in [1.807, 2.05) is 43.3 Å². The van der Waals surface area contributed by atoms with Crippen molar-refractivity contribution in [2.75, 3.05) is 25.6 Å². The summed E-state index contributed by atoms with van der Waals surface area (Å²) < 4.78 is 5.29. The van der Waals surface area contributed by atoms with Crippen LogP contribution in [-0.4, -0.2) is 32.9 Å². The fourth-order valence-electron chi connectivity index (χ4n) is 2.43. The molecule has 1 heterocycles. The quantitative estimate of drug-likeness (QED) is 0.629. The summed E-state index contributed by atoms with van der Waals surface area (Å²) in [5.74, 6) is -0.316. The molecular weight excluding hydrogens is 332 g/mol. The maximum atomic E-state index is 12.0. The van der Waals surface area contributed by atoms with Crippen LogP contribution in [0.25, 0.3) is 0 Å². The van der Waals surface area contributed by atoms with Gasteiger partial charge in [-0.2, -0.15) is 10.2 Å². The van der Waals surface area contributed by atoms with Crippen LogP contribution in [0.15, 0.2) is 58.8 Å². The fourth-order valence-corrected chi connectivity index (χ4v) is 2.43. The molecule has 7 nitrogen and oxygen atoms in total. The molecule has 1 amide bonds. The van der Waals surface area contributed by atoms with Crippen molar-refractivity contribution >= 4 is 23.0 Å². The summed E-state index contributed by atoms with van der Waals surface area (Å²) in [6, 6.07) is 14.6. The van der Waals surface area contributed by atoms with Crippen molar-refractivity contribution in [3.8, 4) is 0 Å². The number of benzene rings is 2. The van der Waals surface area contributed by atoms with E-state index in [-0.39, 0.29) is 12.2 Å². The zero-order valence-corrected chi connectivity index (χ0v) is 14.9. The fraction of sp³-hybridized carbons (Fsp3) is 0.316. The number of rotatable bonds is 6. The van der Waals surface area contributed by atoms with E-state index in [9.17, 15) is 4.79 Å². The topological polar surface area (TPSA) is 75.5 Å². The van der Waals surface area contributed by atoms with Crippen LogP contribution in [0.3, 0.4) is 0 Å². The van der Waals surface area contributed by atoms with E-state index in [2.05, 4.69) is 15.7 Å². The van der Waals surface area contributed by atoms with E-state index in [0.717, 1.165) is 24.2 Å². The molecule has 0 bridgehead atoms. The monoisotopic (exact) mass is 354 g/mol. The molecule has 0 aliphatic carbocycles. The predicted octanol–water partition coefficient (Wildman–Crippen LogP) is 3.97. The number of carbonyl (C=O) groups is 1. The Morgan fingerprint density at radius 2 is 1.69 bits per heavy atom. The summed E-state index contributed by atoms with van der Waals surface area (Å²) in [5.41, 5.74) is 5.43.